The molecule has 2 N–H and O–H groups in total. The van der Waals surface area contributed by atoms with Gasteiger partial charge in [0, 0.05) is 30.2 Å². The highest BCUT2D eigenvalue weighted by atomic mass is 28.4. The number of carbonyl (C=O) groups excluding carboxylic acids is 3. The van der Waals surface area contributed by atoms with Crippen LogP contribution >= 0.6 is 0 Å². The number of benzene rings is 2. The number of ketones is 2. The zero-order chi connectivity index (χ0) is 27.3. The van der Waals surface area contributed by atoms with Gasteiger partial charge in [-0.05, 0) is 42.8 Å². The van der Waals surface area contributed by atoms with Gasteiger partial charge < -0.3 is 24.1 Å². The molecule has 0 radical (unpaired) electrons. The van der Waals surface area contributed by atoms with Crippen LogP contribution in [0.4, 0.5) is 0 Å². The SMILES string of the molecule is CC[Si](CC)(CC)O[C@@]1(C)C[C@@H](OC)c2c(cc3c(c2O)C(=O)c2c(O)cccc2C3=O)[C@H]1C(=O)OC. The molecule has 2 aliphatic rings. The first-order chi connectivity index (χ1) is 17.5. The molecule has 0 bridgehead atoms. The largest absolute Gasteiger partial charge is 0.507 e. The lowest BCUT2D eigenvalue weighted by Gasteiger charge is -2.49. The Kier molecular flexibility index (Phi) is 7.09. The van der Waals surface area contributed by atoms with E-state index in [2.05, 4.69) is 20.8 Å². The van der Waals surface area contributed by atoms with Crippen molar-refractivity contribution < 1.29 is 38.5 Å². The van der Waals surface area contributed by atoms with Gasteiger partial charge in [0.1, 0.15) is 17.4 Å². The molecule has 0 aromatic heterocycles. The second kappa shape index (κ2) is 9.70. The van der Waals surface area contributed by atoms with Crippen LogP contribution in [0.3, 0.4) is 0 Å². The molecule has 2 aliphatic carbocycles. The van der Waals surface area contributed by atoms with Gasteiger partial charge in [0.15, 0.2) is 14.1 Å². The van der Waals surface area contributed by atoms with Crippen LogP contribution in [0.15, 0.2) is 24.3 Å². The van der Waals surface area contributed by atoms with Crippen LogP contribution in [-0.2, 0) is 18.7 Å². The van der Waals surface area contributed by atoms with Gasteiger partial charge in [0.05, 0.1) is 29.9 Å². The number of hydrogen-bond donors (Lipinski definition) is 2. The molecule has 2 aromatic rings. The van der Waals surface area contributed by atoms with Crippen LogP contribution in [0.25, 0.3) is 0 Å². The van der Waals surface area contributed by atoms with Crippen LogP contribution in [0.2, 0.25) is 18.1 Å². The number of esters is 1. The van der Waals surface area contributed by atoms with Gasteiger partial charge in [0.2, 0.25) is 5.78 Å². The summed E-state index contributed by atoms with van der Waals surface area (Å²) in [5, 5.41) is 21.8. The number of ether oxygens (including phenoxy) is 2. The minimum Gasteiger partial charge on any atom is -0.507 e. The Hall–Kier alpha value is -3.01. The van der Waals surface area contributed by atoms with Crippen LogP contribution in [-0.4, -0.2) is 55.9 Å². The molecule has 0 aliphatic heterocycles. The number of methoxy groups -OCH3 is 2. The molecule has 8 nitrogen and oxygen atoms in total. The van der Waals surface area contributed by atoms with Crippen molar-refractivity contribution >= 4 is 25.9 Å². The fourth-order valence-electron chi connectivity index (χ4n) is 6.10. The maximum Gasteiger partial charge on any atom is 0.316 e. The summed E-state index contributed by atoms with van der Waals surface area (Å²) >= 11 is 0. The predicted molar refractivity (Wildman–Crippen MR) is 139 cm³/mol. The molecule has 0 saturated heterocycles. The monoisotopic (exact) mass is 526 g/mol. The van der Waals surface area contributed by atoms with Crippen LogP contribution in [0.1, 0.15) is 89.1 Å². The molecular weight excluding hydrogens is 492 g/mol. The molecule has 2 aromatic carbocycles. The van der Waals surface area contributed by atoms with Gasteiger partial charge in [-0.15, -0.1) is 0 Å². The van der Waals surface area contributed by atoms with Crippen molar-refractivity contribution in [2.75, 3.05) is 14.2 Å². The summed E-state index contributed by atoms with van der Waals surface area (Å²) in [4.78, 5) is 40.3. The van der Waals surface area contributed by atoms with E-state index in [4.69, 9.17) is 13.9 Å². The second-order valence-corrected chi connectivity index (χ2v) is 14.7. The minimum atomic E-state index is -2.24. The van der Waals surface area contributed by atoms with E-state index in [9.17, 15) is 24.6 Å². The van der Waals surface area contributed by atoms with Crippen molar-refractivity contribution in [3.63, 3.8) is 0 Å². The lowest BCUT2D eigenvalue weighted by Crippen LogP contribution is -2.53. The number of carbonyl (C=O) groups is 3. The number of phenolic OH excluding ortho intramolecular Hbond substituents is 2. The Morgan fingerprint density at radius 1 is 1.03 bits per heavy atom. The predicted octanol–water partition coefficient (Wildman–Crippen LogP) is 5.00. The van der Waals surface area contributed by atoms with E-state index >= 15 is 0 Å². The van der Waals surface area contributed by atoms with Gasteiger partial charge in [-0.25, -0.2) is 0 Å². The molecule has 4 rings (SSSR count). The number of rotatable bonds is 7. The summed E-state index contributed by atoms with van der Waals surface area (Å²) in [7, 11) is 0.547. The van der Waals surface area contributed by atoms with Gasteiger partial charge in [-0.3, -0.25) is 14.4 Å². The maximum atomic E-state index is 13.5. The minimum absolute atomic E-state index is 0.0302. The molecule has 0 spiro atoms. The van der Waals surface area contributed by atoms with Gasteiger partial charge in [-0.1, -0.05) is 32.9 Å². The Morgan fingerprint density at radius 3 is 2.24 bits per heavy atom. The van der Waals surface area contributed by atoms with Crippen LogP contribution < -0.4 is 0 Å². The third-order valence-corrected chi connectivity index (χ3v) is 13.1. The first-order valence-corrected chi connectivity index (χ1v) is 15.2. The topological polar surface area (TPSA) is 119 Å². The van der Waals surface area contributed by atoms with E-state index in [1.54, 1.807) is 0 Å². The molecule has 3 atom stereocenters. The summed E-state index contributed by atoms with van der Waals surface area (Å²) in [6.07, 6.45) is -0.474. The highest BCUT2D eigenvalue weighted by Crippen LogP contribution is 2.54. The molecule has 37 heavy (non-hydrogen) atoms. The van der Waals surface area contributed by atoms with Crippen LogP contribution in [0, 0.1) is 0 Å². The molecule has 0 fully saturated rings. The number of hydrogen-bond acceptors (Lipinski definition) is 8. The van der Waals surface area contributed by atoms with Gasteiger partial charge >= 0.3 is 5.97 Å². The van der Waals surface area contributed by atoms with Crippen LogP contribution in [0.5, 0.6) is 11.5 Å². The van der Waals surface area contributed by atoms with Gasteiger partial charge in [-0.2, -0.15) is 0 Å². The van der Waals surface area contributed by atoms with Crippen molar-refractivity contribution in [2.24, 2.45) is 0 Å². The van der Waals surface area contributed by atoms with E-state index in [-0.39, 0.29) is 40.0 Å². The fourth-order valence-corrected chi connectivity index (χ4v) is 9.23. The standard InChI is InChI=1S/C28H34O8Si/c1-7-37(8-2,9-3)36-28(4)14-19(34-5)21-16(23(28)27(33)35-6)13-17-22(26(21)32)25(31)20-15(24(17)30)11-10-12-18(20)29/h10-13,19,23,29,32H,7-9,14H2,1-6H3/t19-,23+,28+/m1/s1. The molecule has 0 heterocycles. The van der Waals surface area contributed by atoms with Gasteiger partial charge in [0.25, 0.3) is 0 Å². The summed E-state index contributed by atoms with van der Waals surface area (Å²) in [6.45, 7) is 8.15. The van der Waals surface area contributed by atoms with Crippen molar-refractivity contribution in [2.45, 2.75) is 69.9 Å². The Labute approximate surface area is 217 Å². The third-order valence-electron chi connectivity index (χ3n) is 8.30. The van der Waals surface area contributed by atoms with E-state index in [1.807, 2.05) is 6.92 Å². The molecular formula is C28H34O8Si. The fraction of sp³-hybridized carbons (Fsp3) is 0.464. The zero-order valence-corrected chi connectivity index (χ0v) is 23.1. The lowest BCUT2D eigenvalue weighted by atomic mass is 9.68. The number of phenols is 2. The Morgan fingerprint density at radius 2 is 1.68 bits per heavy atom. The summed E-state index contributed by atoms with van der Waals surface area (Å²) in [5.41, 5.74) is -0.770. The summed E-state index contributed by atoms with van der Waals surface area (Å²) in [5.74, 6) is -3.46. The molecule has 9 heteroatoms. The Bertz CT molecular complexity index is 1270. The molecule has 0 saturated carbocycles. The zero-order valence-electron chi connectivity index (χ0n) is 22.1. The number of fused-ring (bicyclic) bond motifs is 3. The molecule has 0 amide bonds. The summed E-state index contributed by atoms with van der Waals surface area (Å²) < 4.78 is 17.9. The highest BCUT2D eigenvalue weighted by molar-refractivity contribution is 6.73. The normalized spacial score (nSPS) is 22.8. The maximum absolute atomic E-state index is 13.5. The molecule has 198 valence electrons. The first kappa shape index (κ1) is 27.0. The van der Waals surface area contributed by atoms with E-state index in [0.717, 1.165) is 18.1 Å². The first-order valence-electron chi connectivity index (χ1n) is 12.6. The van der Waals surface area contributed by atoms with Crippen molar-refractivity contribution in [1.82, 2.24) is 0 Å². The van der Waals surface area contributed by atoms with E-state index < -0.39 is 49.2 Å². The average Bonchev–Trinajstić information content (AvgIpc) is 2.89. The average molecular weight is 527 g/mol. The third kappa shape index (κ3) is 4.00. The smallest absolute Gasteiger partial charge is 0.316 e. The second-order valence-electron chi connectivity index (χ2n) is 10.1. The van der Waals surface area contributed by atoms with E-state index in [1.165, 1.54) is 38.5 Å². The Balaban J connectivity index is 2.00. The number of aromatic hydroxyl groups is 2. The highest BCUT2D eigenvalue weighted by Gasteiger charge is 2.54. The molecule has 0 unspecified atom stereocenters. The lowest BCUT2D eigenvalue weighted by molar-refractivity contribution is -0.151. The van der Waals surface area contributed by atoms with E-state index in [0.29, 0.717) is 5.56 Å². The summed E-state index contributed by atoms with van der Waals surface area (Å²) in [6, 6.07) is 8.34. The van der Waals surface area contributed by atoms with Crippen molar-refractivity contribution in [1.29, 1.82) is 0 Å². The van der Waals surface area contributed by atoms with Crippen molar-refractivity contribution in [3.8, 4) is 11.5 Å². The quantitative estimate of drug-likeness (QED) is 0.326. The van der Waals surface area contributed by atoms with Crippen molar-refractivity contribution in [3.05, 3.63) is 57.6 Å².